The molecule has 96 valence electrons. The molecule has 0 aromatic heterocycles. The molecule has 0 saturated heterocycles. The Morgan fingerprint density at radius 1 is 1.31 bits per heavy atom. The van der Waals surface area contributed by atoms with Gasteiger partial charge in [-0.3, -0.25) is 9.00 Å². The topological polar surface area (TPSA) is 43.4 Å². The molecule has 0 aliphatic rings. The fraction of sp³-hybridized carbons (Fsp3) is 0.917. The quantitative estimate of drug-likeness (QED) is 0.620. The Labute approximate surface area is 101 Å². The van der Waals surface area contributed by atoms with E-state index in [0.29, 0.717) is 18.1 Å². The summed E-state index contributed by atoms with van der Waals surface area (Å²) in [5.41, 5.74) is 0. The Hall–Kier alpha value is -0.380. The van der Waals surface area contributed by atoms with Gasteiger partial charge in [-0.05, 0) is 18.8 Å². The predicted molar refractivity (Wildman–Crippen MR) is 67.8 cm³/mol. The lowest BCUT2D eigenvalue weighted by Gasteiger charge is -2.14. The number of ether oxygens (including phenoxy) is 1. The molecule has 0 N–H and O–H groups in total. The summed E-state index contributed by atoms with van der Waals surface area (Å²) in [6.07, 6.45) is 3.50. The third-order valence-corrected chi connectivity index (χ3v) is 4.20. The zero-order valence-corrected chi connectivity index (χ0v) is 11.6. The van der Waals surface area contributed by atoms with E-state index in [2.05, 4.69) is 20.8 Å². The predicted octanol–water partition coefficient (Wildman–Crippen LogP) is 2.51. The monoisotopic (exact) mass is 248 g/mol. The van der Waals surface area contributed by atoms with E-state index in [-0.39, 0.29) is 5.97 Å². The lowest BCUT2D eigenvalue weighted by molar-refractivity contribution is -0.140. The Morgan fingerprint density at radius 3 is 2.38 bits per heavy atom. The highest BCUT2D eigenvalue weighted by Gasteiger charge is 2.25. The standard InChI is InChI=1S/C12H24O3S/c1-5-6-7-11(12(13)15-4)16(14)9-8-10(2)3/h10-11H,5-9H2,1-4H3. The number of carbonyl (C=O) groups excluding carboxylic acids is 1. The zero-order chi connectivity index (χ0) is 12.6. The van der Waals surface area contributed by atoms with Crippen LogP contribution < -0.4 is 0 Å². The van der Waals surface area contributed by atoms with Crippen LogP contribution in [0, 0.1) is 5.92 Å². The third kappa shape index (κ3) is 6.26. The molecule has 16 heavy (non-hydrogen) atoms. The molecule has 0 bridgehead atoms. The van der Waals surface area contributed by atoms with Gasteiger partial charge in [0.05, 0.1) is 7.11 Å². The summed E-state index contributed by atoms with van der Waals surface area (Å²) in [4.78, 5) is 11.5. The highest BCUT2D eigenvalue weighted by Crippen LogP contribution is 2.12. The molecule has 0 aliphatic carbocycles. The maximum atomic E-state index is 12.0. The van der Waals surface area contributed by atoms with Crippen LogP contribution in [0.1, 0.15) is 46.5 Å². The number of unbranched alkanes of at least 4 members (excludes halogenated alkanes) is 1. The van der Waals surface area contributed by atoms with Gasteiger partial charge in [-0.15, -0.1) is 0 Å². The van der Waals surface area contributed by atoms with Gasteiger partial charge in [-0.25, -0.2) is 0 Å². The van der Waals surface area contributed by atoms with Gasteiger partial charge in [-0.1, -0.05) is 33.6 Å². The van der Waals surface area contributed by atoms with Crippen molar-refractivity contribution in [3.63, 3.8) is 0 Å². The van der Waals surface area contributed by atoms with E-state index in [9.17, 15) is 9.00 Å². The van der Waals surface area contributed by atoms with E-state index >= 15 is 0 Å². The molecule has 0 amide bonds. The molecule has 0 radical (unpaired) electrons. The molecule has 0 aromatic carbocycles. The summed E-state index contributed by atoms with van der Waals surface area (Å²) in [7, 11) is 0.278. The van der Waals surface area contributed by atoms with Crippen molar-refractivity contribution >= 4 is 16.8 Å². The van der Waals surface area contributed by atoms with Crippen molar-refractivity contribution in [2.75, 3.05) is 12.9 Å². The second-order valence-corrected chi connectivity index (χ2v) is 6.16. The fourth-order valence-corrected chi connectivity index (χ4v) is 3.10. The van der Waals surface area contributed by atoms with E-state index in [0.717, 1.165) is 19.3 Å². The Kier molecular flexibility index (Phi) is 8.53. The summed E-state index contributed by atoms with van der Waals surface area (Å²) >= 11 is 0. The normalized spacial score (nSPS) is 14.8. The van der Waals surface area contributed by atoms with Crippen LogP contribution in [-0.4, -0.2) is 28.3 Å². The van der Waals surface area contributed by atoms with Gasteiger partial charge in [0, 0.05) is 16.6 Å². The summed E-state index contributed by atoms with van der Waals surface area (Å²) < 4.78 is 16.7. The van der Waals surface area contributed by atoms with Crippen LogP contribution in [0.4, 0.5) is 0 Å². The molecular formula is C12H24O3S. The number of carbonyl (C=O) groups is 1. The maximum absolute atomic E-state index is 12.0. The van der Waals surface area contributed by atoms with Crippen molar-refractivity contribution in [2.24, 2.45) is 5.92 Å². The van der Waals surface area contributed by atoms with Crippen LogP contribution in [0.5, 0.6) is 0 Å². The Morgan fingerprint density at radius 2 is 1.94 bits per heavy atom. The molecular weight excluding hydrogens is 224 g/mol. The summed E-state index contributed by atoms with van der Waals surface area (Å²) in [6, 6.07) is 0. The van der Waals surface area contributed by atoms with Crippen LogP contribution in [0.15, 0.2) is 0 Å². The Bertz CT molecular complexity index is 226. The fourth-order valence-electron chi connectivity index (χ4n) is 1.37. The molecule has 2 atom stereocenters. The van der Waals surface area contributed by atoms with E-state index in [4.69, 9.17) is 4.74 Å². The lowest BCUT2D eigenvalue weighted by Crippen LogP contribution is -2.29. The molecule has 0 heterocycles. The summed E-state index contributed by atoms with van der Waals surface area (Å²) in [5, 5.41) is -0.427. The second-order valence-electron chi connectivity index (χ2n) is 4.42. The van der Waals surface area contributed by atoms with Gasteiger partial charge in [0.25, 0.3) is 0 Å². The molecule has 4 heteroatoms. The molecule has 0 spiro atoms. The van der Waals surface area contributed by atoms with Crippen molar-refractivity contribution in [3.05, 3.63) is 0 Å². The van der Waals surface area contributed by atoms with Crippen LogP contribution in [0.25, 0.3) is 0 Å². The number of esters is 1. The molecule has 0 fully saturated rings. The van der Waals surface area contributed by atoms with Crippen LogP contribution in [-0.2, 0) is 20.3 Å². The molecule has 3 nitrogen and oxygen atoms in total. The van der Waals surface area contributed by atoms with Crippen LogP contribution in [0.3, 0.4) is 0 Å². The highest BCUT2D eigenvalue weighted by molar-refractivity contribution is 7.86. The average Bonchev–Trinajstić information content (AvgIpc) is 2.26. The minimum atomic E-state index is -1.08. The number of hydrogen-bond donors (Lipinski definition) is 0. The second kappa shape index (κ2) is 8.74. The van der Waals surface area contributed by atoms with Crippen molar-refractivity contribution in [1.82, 2.24) is 0 Å². The van der Waals surface area contributed by atoms with Gasteiger partial charge in [0.2, 0.25) is 0 Å². The SMILES string of the molecule is CCCCC(C(=O)OC)S(=O)CCC(C)C. The first kappa shape index (κ1) is 15.6. The van der Waals surface area contributed by atoms with Crippen molar-refractivity contribution in [1.29, 1.82) is 0 Å². The Balaban J connectivity index is 4.26. The van der Waals surface area contributed by atoms with Gasteiger partial charge in [0.15, 0.2) is 0 Å². The molecule has 2 unspecified atom stereocenters. The third-order valence-electron chi connectivity index (χ3n) is 2.50. The van der Waals surface area contributed by atoms with E-state index in [1.807, 2.05) is 0 Å². The minimum absolute atomic E-state index is 0.324. The highest BCUT2D eigenvalue weighted by atomic mass is 32.2. The first-order chi connectivity index (χ1) is 7.52. The zero-order valence-electron chi connectivity index (χ0n) is 10.8. The number of hydrogen-bond acceptors (Lipinski definition) is 3. The van der Waals surface area contributed by atoms with Crippen molar-refractivity contribution in [2.45, 2.75) is 51.7 Å². The molecule has 0 saturated carbocycles. The lowest BCUT2D eigenvalue weighted by atomic mass is 10.2. The molecule has 0 rings (SSSR count). The maximum Gasteiger partial charge on any atom is 0.321 e. The van der Waals surface area contributed by atoms with Crippen molar-refractivity contribution in [3.8, 4) is 0 Å². The van der Waals surface area contributed by atoms with Gasteiger partial charge < -0.3 is 4.74 Å². The first-order valence-corrected chi connectivity index (χ1v) is 7.36. The van der Waals surface area contributed by atoms with E-state index < -0.39 is 16.0 Å². The minimum Gasteiger partial charge on any atom is -0.468 e. The van der Waals surface area contributed by atoms with Crippen LogP contribution >= 0.6 is 0 Å². The number of rotatable bonds is 8. The van der Waals surface area contributed by atoms with E-state index in [1.165, 1.54) is 7.11 Å². The summed E-state index contributed by atoms with van der Waals surface area (Å²) in [5.74, 6) is 0.796. The first-order valence-electron chi connectivity index (χ1n) is 5.97. The van der Waals surface area contributed by atoms with Gasteiger partial charge >= 0.3 is 5.97 Å². The summed E-state index contributed by atoms with van der Waals surface area (Å²) in [6.45, 7) is 6.25. The van der Waals surface area contributed by atoms with Gasteiger partial charge in [-0.2, -0.15) is 0 Å². The van der Waals surface area contributed by atoms with Crippen molar-refractivity contribution < 1.29 is 13.7 Å². The molecule has 0 aromatic rings. The molecule has 0 aliphatic heterocycles. The number of methoxy groups -OCH3 is 1. The smallest absolute Gasteiger partial charge is 0.321 e. The van der Waals surface area contributed by atoms with Crippen LogP contribution in [0.2, 0.25) is 0 Å². The largest absolute Gasteiger partial charge is 0.468 e. The van der Waals surface area contributed by atoms with Gasteiger partial charge in [0.1, 0.15) is 5.25 Å². The average molecular weight is 248 g/mol. The van der Waals surface area contributed by atoms with E-state index in [1.54, 1.807) is 0 Å².